The second-order valence-electron chi connectivity index (χ2n) is 2.73. The normalized spacial score (nSPS) is 10.1. The molecule has 0 radical (unpaired) electrons. The molecule has 70 valence electrons. The SMILES string of the molecule is Brc1cc(Br)c(-c2ccccc2)nn1. The zero-order valence-corrected chi connectivity index (χ0v) is 10.3. The summed E-state index contributed by atoms with van der Waals surface area (Å²) < 4.78 is 1.66. The molecule has 0 unspecified atom stereocenters. The number of hydrogen-bond acceptors (Lipinski definition) is 2. The fraction of sp³-hybridized carbons (Fsp3) is 0. The zero-order valence-electron chi connectivity index (χ0n) is 7.11. The predicted octanol–water partition coefficient (Wildman–Crippen LogP) is 3.67. The van der Waals surface area contributed by atoms with Gasteiger partial charge in [0.1, 0.15) is 10.3 Å². The third-order valence-corrected chi connectivity index (χ3v) is 2.76. The minimum Gasteiger partial charge on any atom is -0.148 e. The van der Waals surface area contributed by atoms with E-state index in [0.29, 0.717) is 0 Å². The molecule has 0 spiro atoms. The summed E-state index contributed by atoms with van der Waals surface area (Å²) in [5.41, 5.74) is 1.91. The average molecular weight is 314 g/mol. The van der Waals surface area contributed by atoms with E-state index in [1.807, 2.05) is 36.4 Å². The third kappa shape index (κ3) is 2.01. The summed E-state index contributed by atoms with van der Waals surface area (Å²) >= 11 is 6.72. The Morgan fingerprint density at radius 1 is 0.929 bits per heavy atom. The highest BCUT2D eigenvalue weighted by Gasteiger charge is 2.05. The third-order valence-electron chi connectivity index (χ3n) is 1.76. The molecule has 1 aromatic heterocycles. The molecule has 0 saturated heterocycles. The number of benzene rings is 1. The molecule has 0 amide bonds. The highest BCUT2D eigenvalue weighted by atomic mass is 79.9. The molecule has 14 heavy (non-hydrogen) atoms. The molecule has 0 saturated carbocycles. The van der Waals surface area contributed by atoms with Crippen molar-refractivity contribution >= 4 is 31.9 Å². The largest absolute Gasteiger partial charge is 0.148 e. The molecule has 0 aliphatic carbocycles. The van der Waals surface area contributed by atoms with Crippen molar-refractivity contribution in [3.05, 3.63) is 45.5 Å². The number of aromatic nitrogens is 2. The monoisotopic (exact) mass is 312 g/mol. The summed E-state index contributed by atoms with van der Waals surface area (Å²) in [5, 5.41) is 8.06. The summed E-state index contributed by atoms with van der Waals surface area (Å²) in [7, 11) is 0. The highest BCUT2D eigenvalue weighted by Crippen LogP contribution is 2.26. The molecule has 0 atom stereocenters. The second-order valence-corrected chi connectivity index (χ2v) is 4.40. The van der Waals surface area contributed by atoms with Crippen molar-refractivity contribution in [3.8, 4) is 11.3 Å². The standard InChI is InChI=1S/C10H6Br2N2/c11-8-6-9(12)13-14-10(8)7-4-2-1-3-5-7/h1-6H. The highest BCUT2D eigenvalue weighted by molar-refractivity contribution is 9.11. The minimum absolute atomic E-state index is 0.726. The molecule has 2 nitrogen and oxygen atoms in total. The Bertz CT molecular complexity index is 443. The Morgan fingerprint density at radius 3 is 2.29 bits per heavy atom. The van der Waals surface area contributed by atoms with E-state index in [0.717, 1.165) is 20.3 Å². The molecular weight excluding hydrogens is 308 g/mol. The van der Waals surface area contributed by atoms with Gasteiger partial charge in [-0.3, -0.25) is 0 Å². The van der Waals surface area contributed by atoms with Crippen LogP contribution in [0.15, 0.2) is 45.5 Å². The maximum atomic E-state index is 4.10. The van der Waals surface area contributed by atoms with Crippen molar-refractivity contribution in [2.24, 2.45) is 0 Å². The summed E-state index contributed by atoms with van der Waals surface area (Å²) in [6.45, 7) is 0. The van der Waals surface area contributed by atoms with Gasteiger partial charge in [-0.25, -0.2) is 0 Å². The topological polar surface area (TPSA) is 25.8 Å². The Hall–Kier alpha value is -0.740. The molecule has 4 heteroatoms. The van der Waals surface area contributed by atoms with Crippen LogP contribution in [0.3, 0.4) is 0 Å². The van der Waals surface area contributed by atoms with Gasteiger partial charge in [0.2, 0.25) is 0 Å². The molecule has 0 fully saturated rings. The van der Waals surface area contributed by atoms with Crippen LogP contribution in [-0.2, 0) is 0 Å². The molecule has 2 rings (SSSR count). The molecule has 0 N–H and O–H groups in total. The van der Waals surface area contributed by atoms with Gasteiger partial charge in [0.05, 0.1) is 0 Å². The van der Waals surface area contributed by atoms with E-state index in [1.54, 1.807) is 0 Å². The van der Waals surface area contributed by atoms with E-state index in [-0.39, 0.29) is 0 Å². The smallest absolute Gasteiger partial charge is 0.129 e. The summed E-state index contributed by atoms with van der Waals surface area (Å²) in [5.74, 6) is 0. The predicted molar refractivity (Wildman–Crippen MR) is 62.9 cm³/mol. The zero-order chi connectivity index (χ0) is 9.97. The van der Waals surface area contributed by atoms with Crippen LogP contribution < -0.4 is 0 Å². The maximum Gasteiger partial charge on any atom is 0.129 e. The number of rotatable bonds is 1. The lowest BCUT2D eigenvalue weighted by atomic mass is 10.1. The van der Waals surface area contributed by atoms with Crippen LogP contribution >= 0.6 is 31.9 Å². The minimum atomic E-state index is 0.726. The van der Waals surface area contributed by atoms with Crippen LogP contribution in [0.4, 0.5) is 0 Å². The average Bonchev–Trinajstić information content (AvgIpc) is 2.19. The molecule has 1 heterocycles. The number of hydrogen-bond donors (Lipinski definition) is 0. The van der Waals surface area contributed by atoms with Crippen LogP contribution in [0.2, 0.25) is 0 Å². The van der Waals surface area contributed by atoms with Crippen molar-refractivity contribution in [1.82, 2.24) is 10.2 Å². The first kappa shape index (κ1) is 9.80. The Balaban J connectivity index is 2.53. The van der Waals surface area contributed by atoms with Crippen LogP contribution in [-0.4, -0.2) is 10.2 Å². The van der Waals surface area contributed by atoms with Crippen molar-refractivity contribution in [1.29, 1.82) is 0 Å². The quantitative estimate of drug-likeness (QED) is 0.803. The summed E-state index contributed by atoms with van der Waals surface area (Å²) in [6.07, 6.45) is 0. The molecule has 2 aromatic rings. The van der Waals surface area contributed by atoms with Crippen LogP contribution in [0.25, 0.3) is 11.3 Å². The van der Waals surface area contributed by atoms with Gasteiger partial charge < -0.3 is 0 Å². The van der Waals surface area contributed by atoms with Crippen LogP contribution in [0.5, 0.6) is 0 Å². The lowest BCUT2D eigenvalue weighted by Crippen LogP contribution is -1.89. The van der Waals surface area contributed by atoms with E-state index in [9.17, 15) is 0 Å². The molecule has 0 aliphatic heterocycles. The lowest BCUT2D eigenvalue weighted by Gasteiger charge is -2.01. The molecule has 1 aromatic carbocycles. The van der Waals surface area contributed by atoms with Crippen molar-refractivity contribution in [2.75, 3.05) is 0 Å². The molecule has 0 aliphatic rings. The summed E-state index contributed by atoms with van der Waals surface area (Å²) in [4.78, 5) is 0. The summed E-state index contributed by atoms with van der Waals surface area (Å²) in [6, 6.07) is 11.8. The van der Waals surface area contributed by atoms with E-state index in [4.69, 9.17) is 0 Å². The second kappa shape index (κ2) is 4.19. The van der Waals surface area contributed by atoms with E-state index in [1.165, 1.54) is 0 Å². The van der Waals surface area contributed by atoms with E-state index < -0.39 is 0 Å². The van der Waals surface area contributed by atoms with E-state index in [2.05, 4.69) is 42.1 Å². The van der Waals surface area contributed by atoms with Gasteiger partial charge in [-0.2, -0.15) is 0 Å². The van der Waals surface area contributed by atoms with Crippen molar-refractivity contribution in [2.45, 2.75) is 0 Å². The fourth-order valence-electron chi connectivity index (χ4n) is 1.14. The first-order chi connectivity index (χ1) is 6.77. The number of nitrogens with zero attached hydrogens (tertiary/aromatic N) is 2. The fourth-order valence-corrected chi connectivity index (χ4v) is 2.28. The Morgan fingerprint density at radius 2 is 1.64 bits per heavy atom. The Kier molecular flexibility index (Phi) is 2.93. The first-order valence-electron chi connectivity index (χ1n) is 4.01. The van der Waals surface area contributed by atoms with Gasteiger partial charge in [0.15, 0.2) is 0 Å². The molecular formula is C10H6Br2N2. The maximum absolute atomic E-state index is 4.10. The van der Waals surface area contributed by atoms with Crippen LogP contribution in [0.1, 0.15) is 0 Å². The van der Waals surface area contributed by atoms with Gasteiger partial charge >= 0.3 is 0 Å². The van der Waals surface area contributed by atoms with Gasteiger partial charge in [-0.15, -0.1) is 10.2 Å². The van der Waals surface area contributed by atoms with Gasteiger partial charge in [-0.05, 0) is 37.9 Å². The van der Waals surface area contributed by atoms with Crippen molar-refractivity contribution < 1.29 is 0 Å². The van der Waals surface area contributed by atoms with Crippen LogP contribution in [0, 0.1) is 0 Å². The van der Waals surface area contributed by atoms with Gasteiger partial charge in [-0.1, -0.05) is 30.3 Å². The van der Waals surface area contributed by atoms with Gasteiger partial charge in [0.25, 0.3) is 0 Å². The van der Waals surface area contributed by atoms with Gasteiger partial charge in [0, 0.05) is 10.0 Å². The number of halogens is 2. The van der Waals surface area contributed by atoms with E-state index >= 15 is 0 Å². The Labute approximate surface area is 98.6 Å². The first-order valence-corrected chi connectivity index (χ1v) is 5.60. The molecule has 0 bridgehead atoms. The van der Waals surface area contributed by atoms with Crippen molar-refractivity contribution in [3.63, 3.8) is 0 Å². The lowest BCUT2D eigenvalue weighted by molar-refractivity contribution is 1.00.